The minimum absolute atomic E-state index is 0.0945. The largest absolute Gasteiger partial charge is 0.507 e. The number of allylic oxidation sites excluding steroid dienone is 1. The average Bonchev–Trinajstić information content (AvgIpc) is 2.94. The Morgan fingerprint density at radius 1 is 1.05 bits per heavy atom. The first kappa shape index (κ1) is 31.9. The number of fused-ring (bicyclic) bond motifs is 1. The summed E-state index contributed by atoms with van der Waals surface area (Å²) in [6.07, 6.45) is 5.31. The monoisotopic (exact) mass is 582 g/mol. The molecule has 0 bridgehead atoms. The van der Waals surface area contributed by atoms with Crippen molar-refractivity contribution in [2.24, 2.45) is 5.92 Å². The third-order valence-electron chi connectivity index (χ3n) is 8.11. The van der Waals surface area contributed by atoms with Crippen molar-refractivity contribution in [3.05, 3.63) is 100 Å². The van der Waals surface area contributed by atoms with Gasteiger partial charge in [-0.05, 0) is 57.7 Å². The van der Waals surface area contributed by atoms with Crippen LogP contribution in [0.5, 0.6) is 11.5 Å². The summed E-state index contributed by atoms with van der Waals surface area (Å²) in [6.45, 7) is 18.5. The minimum Gasteiger partial charge on any atom is -0.507 e. The number of nitrogen functional groups attached to an aromatic ring is 1. The van der Waals surface area contributed by atoms with Crippen molar-refractivity contribution in [1.29, 1.82) is 0 Å². The number of ketones is 1. The fraction of sp³-hybridized carbons (Fsp3) is 0.378. The van der Waals surface area contributed by atoms with E-state index in [1.807, 2.05) is 37.3 Å². The SMILES string of the molecule is C=C(CCc1cc(C(C)(C)C)c(O)c(C(C)(C)C)c1)Oc1cccc2c1NC(C(C)C(=O)c1cc(N)ccc1CO)C=C2. The van der Waals surface area contributed by atoms with E-state index in [4.69, 9.17) is 10.5 Å². The van der Waals surface area contributed by atoms with Gasteiger partial charge in [0.2, 0.25) is 0 Å². The lowest BCUT2D eigenvalue weighted by atomic mass is 9.78. The molecule has 4 rings (SSSR count). The first-order valence-electron chi connectivity index (χ1n) is 14.9. The van der Waals surface area contributed by atoms with Gasteiger partial charge in [0.25, 0.3) is 0 Å². The molecule has 0 amide bonds. The summed E-state index contributed by atoms with van der Waals surface area (Å²) in [5.41, 5.74) is 11.8. The highest BCUT2D eigenvalue weighted by molar-refractivity contribution is 6.01. The van der Waals surface area contributed by atoms with Crippen LogP contribution in [0.15, 0.2) is 66.9 Å². The zero-order chi connectivity index (χ0) is 31.7. The Kier molecular flexibility index (Phi) is 9.12. The smallest absolute Gasteiger partial charge is 0.168 e. The lowest BCUT2D eigenvalue weighted by Crippen LogP contribution is -2.33. The van der Waals surface area contributed by atoms with Crippen LogP contribution in [-0.2, 0) is 23.9 Å². The summed E-state index contributed by atoms with van der Waals surface area (Å²) in [5.74, 6) is 1.13. The van der Waals surface area contributed by atoms with E-state index in [1.54, 1.807) is 18.2 Å². The quantitative estimate of drug-likeness (QED) is 0.116. The molecule has 6 nitrogen and oxygen atoms in total. The molecule has 0 aromatic heterocycles. The maximum absolute atomic E-state index is 13.5. The first-order valence-corrected chi connectivity index (χ1v) is 14.9. The molecule has 2 unspecified atom stereocenters. The molecule has 2 atom stereocenters. The number of phenols is 1. The summed E-state index contributed by atoms with van der Waals surface area (Å²) < 4.78 is 6.30. The highest BCUT2D eigenvalue weighted by atomic mass is 16.5. The van der Waals surface area contributed by atoms with E-state index in [2.05, 4.69) is 65.6 Å². The number of rotatable bonds is 9. The average molecular weight is 583 g/mol. The van der Waals surface area contributed by atoms with Crippen molar-refractivity contribution in [3.63, 3.8) is 0 Å². The van der Waals surface area contributed by atoms with E-state index in [0.717, 1.165) is 34.4 Å². The first-order chi connectivity index (χ1) is 20.1. The van der Waals surface area contributed by atoms with Crippen LogP contribution in [0.25, 0.3) is 6.08 Å². The summed E-state index contributed by atoms with van der Waals surface area (Å²) in [6, 6.07) is 14.8. The Morgan fingerprint density at radius 2 is 1.70 bits per heavy atom. The molecule has 228 valence electrons. The predicted octanol–water partition coefficient (Wildman–Crippen LogP) is 7.91. The van der Waals surface area contributed by atoms with Crippen molar-refractivity contribution in [1.82, 2.24) is 0 Å². The molecule has 0 radical (unpaired) electrons. The van der Waals surface area contributed by atoms with Crippen LogP contribution in [0.2, 0.25) is 0 Å². The highest BCUT2D eigenvalue weighted by Gasteiger charge is 2.29. The van der Waals surface area contributed by atoms with Crippen LogP contribution in [0, 0.1) is 5.92 Å². The Hall–Kier alpha value is -4.03. The Morgan fingerprint density at radius 3 is 2.30 bits per heavy atom. The molecule has 0 saturated heterocycles. The number of ether oxygens (including phenoxy) is 1. The van der Waals surface area contributed by atoms with Crippen LogP contribution < -0.4 is 15.8 Å². The van der Waals surface area contributed by atoms with Crippen molar-refractivity contribution in [2.45, 2.75) is 84.8 Å². The molecule has 1 aliphatic heterocycles. The van der Waals surface area contributed by atoms with E-state index in [0.29, 0.717) is 40.5 Å². The van der Waals surface area contributed by atoms with Crippen molar-refractivity contribution in [2.75, 3.05) is 11.1 Å². The zero-order valence-electron chi connectivity index (χ0n) is 26.5. The van der Waals surface area contributed by atoms with Crippen molar-refractivity contribution >= 4 is 23.2 Å². The molecular formula is C37H46N2O4. The number of Topliss-reactive ketones (excluding diaryl/α,β-unsaturated/α-hetero) is 1. The van der Waals surface area contributed by atoms with Gasteiger partial charge in [-0.3, -0.25) is 4.79 Å². The normalized spacial score (nSPS) is 15.4. The number of carbonyl (C=O) groups is 1. The molecular weight excluding hydrogens is 536 g/mol. The number of carbonyl (C=O) groups excluding carboxylic acids is 1. The molecule has 0 saturated carbocycles. The van der Waals surface area contributed by atoms with Gasteiger partial charge in [0, 0.05) is 29.2 Å². The van der Waals surface area contributed by atoms with Gasteiger partial charge in [0.1, 0.15) is 5.75 Å². The Balaban J connectivity index is 1.50. The number of aliphatic hydroxyl groups excluding tert-OH is 1. The number of aromatic hydroxyl groups is 1. The number of aryl methyl sites for hydroxylation is 1. The van der Waals surface area contributed by atoms with Gasteiger partial charge >= 0.3 is 0 Å². The van der Waals surface area contributed by atoms with Crippen LogP contribution in [0.3, 0.4) is 0 Å². The van der Waals surface area contributed by atoms with E-state index in [9.17, 15) is 15.0 Å². The molecule has 3 aromatic carbocycles. The topological polar surface area (TPSA) is 105 Å². The van der Waals surface area contributed by atoms with Gasteiger partial charge in [-0.2, -0.15) is 0 Å². The molecule has 1 heterocycles. The second kappa shape index (κ2) is 12.3. The molecule has 43 heavy (non-hydrogen) atoms. The van der Waals surface area contributed by atoms with Gasteiger partial charge in [0.15, 0.2) is 11.5 Å². The number of hydrogen-bond acceptors (Lipinski definition) is 6. The second-order valence-corrected chi connectivity index (χ2v) is 13.7. The molecule has 5 N–H and O–H groups in total. The highest BCUT2D eigenvalue weighted by Crippen LogP contribution is 2.41. The molecule has 6 heteroatoms. The zero-order valence-corrected chi connectivity index (χ0v) is 26.5. The van der Waals surface area contributed by atoms with Gasteiger partial charge in [-0.15, -0.1) is 0 Å². The second-order valence-electron chi connectivity index (χ2n) is 13.7. The molecule has 0 aliphatic carbocycles. The van der Waals surface area contributed by atoms with E-state index < -0.39 is 5.92 Å². The van der Waals surface area contributed by atoms with Gasteiger partial charge < -0.3 is 26.0 Å². The number of hydrogen-bond donors (Lipinski definition) is 4. The number of aliphatic hydroxyl groups is 1. The fourth-order valence-electron chi connectivity index (χ4n) is 5.48. The summed E-state index contributed by atoms with van der Waals surface area (Å²) in [4.78, 5) is 13.5. The molecule has 0 spiro atoms. The minimum atomic E-state index is -0.420. The summed E-state index contributed by atoms with van der Waals surface area (Å²) in [5, 5.41) is 24.3. The van der Waals surface area contributed by atoms with Crippen LogP contribution >= 0.6 is 0 Å². The number of anilines is 2. The number of phenolic OH excluding ortho intramolecular Hbond substituents is 1. The molecule has 1 aliphatic rings. The van der Waals surface area contributed by atoms with E-state index >= 15 is 0 Å². The lowest BCUT2D eigenvalue weighted by molar-refractivity contribution is 0.0922. The fourth-order valence-corrected chi connectivity index (χ4v) is 5.48. The van der Waals surface area contributed by atoms with Crippen LogP contribution in [-0.4, -0.2) is 22.0 Å². The predicted molar refractivity (Wildman–Crippen MR) is 177 cm³/mol. The lowest BCUT2D eigenvalue weighted by Gasteiger charge is -2.29. The van der Waals surface area contributed by atoms with Gasteiger partial charge in [-0.1, -0.05) is 97.5 Å². The van der Waals surface area contributed by atoms with Crippen LogP contribution in [0.4, 0.5) is 11.4 Å². The van der Waals surface area contributed by atoms with Gasteiger partial charge in [-0.25, -0.2) is 0 Å². The summed E-state index contributed by atoms with van der Waals surface area (Å²) >= 11 is 0. The summed E-state index contributed by atoms with van der Waals surface area (Å²) in [7, 11) is 0. The molecule has 3 aromatic rings. The van der Waals surface area contributed by atoms with Crippen molar-refractivity contribution < 1.29 is 19.7 Å². The van der Waals surface area contributed by atoms with Gasteiger partial charge in [0.05, 0.1) is 24.1 Å². The number of nitrogens with one attached hydrogen (secondary N) is 1. The van der Waals surface area contributed by atoms with E-state index in [-0.39, 0.29) is 29.3 Å². The number of benzene rings is 3. The number of nitrogens with two attached hydrogens (primary N) is 1. The van der Waals surface area contributed by atoms with Crippen LogP contribution in [0.1, 0.15) is 93.1 Å². The third-order valence-corrected chi connectivity index (χ3v) is 8.11. The maximum Gasteiger partial charge on any atom is 0.168 e. The number of para-hydroxylation sites is 1. The Labute approximate surface area is 256 Å². The standard InChI is InChI=1S/C37H46N2O4/c1-22(12-13-24-18-29(36(3,4)5)35(42)30(19-24)37(6,7)8)43-32-11-9-10-25-15-17-31(39-33(25)32)23(2)34(41)28-20-27(38)16-14-26(28)21-40/h9-11,14-20,23,31,39-40,42H,1,12-13,21,38H2,2-8H3. The maximum atomic E-state index is 13.5. The third kappa shape index (κ3) is 7.14. The van der Waals surface area contributed by atoms with E-state index in [1.165, 1.54) is 0 Å². The van der Waals surface area contributed by atoms with Crippen molar-refractivity contribution in [3.8, 4) is 11.5 Å². The Bertz CT molecular complexity index is 1520. The molecule has 0 fully saturated rings.